The van der Waals surface area contributed by atoms with Gasteiger partial charge in [0, 0.05) is 32.7 Å². The standard InChI is InChI=1S/C16H23FN2O2/c1-3-16(2,15(20)21)12-18-8-10-19(11-9-18)14-7-5-4-6-13(14)17/h4-7H,3,8-12H2,1-2H3,(H,20,21). The fraction of sp³-hybridized carbons (Fsp3) is 0.562. The number of para-hydroxylation sites is 1. The van der Waals surface area contributed by atoms with Crippen molar-refractivity contribution in [1.29, 1.82) is 0 Å². The molecule has 0 spiro atoms. The van der Waals surface area contributed by atoms with Crippen LogP contribution in [0, 0.1) is 11.2 Å². The monoisotopic (exact) mass is 294 g/mol. The molecule has 1 saturated heterocycles. The van der Waals surface area contributed by atoms with Crippen molar-refractivity contribution in [3.63, 3.8) is 0 Å². The Kier molecular flexibility index (Phi) is 4.83. The first-order valence-electron chi connectivity index (χ1n) is 7.41. The number of hydrogen-bond acceptors (Lipinski definition) is 3. The Balaban J connectivity index is 1.95. The molecular weight excluding hydrogens is 271 g/mol. The predicted molar refractivity (Wildman–Crippen MR) is 81.1 cm³/mol. The summed E-state index contributed by atoms with van der Waals surface area (Å²) in [5.74, 6) is -0.948. The number of piperazine rings is 1. The van der Waals surface area contributed by atoms with E-state index in [1.807, 2.05) is 17.9 Å². The Hall–Kier alpha value is -1.62. The van der Waals surface area contributed by atoms with E-state index in [-0.39, 0.29) is 5.82 Å². The average molecular weight is 294 g/mol. The molecule has 1 aliphatic rings. The molecule has 1 aromatic rings. The lowest BCUT2D eigenvalue weighted by Crippen LogP contribution is -2.51. The average Bonchev–Trinajstić information content (AvgIpc) is 2.48. The number of rotatable bonds is 5. The zero-order chi connectivity index (χ0) is 15.5. The third-order valence-electron chi connectivity index (χ3n) is 4.43. The normalized spacial score (nSPS) is 19.3. The summed E-state index contributed by atoms with van der Waals surface area (Å²) in [7, 11) is 0. The molecule has 1 heterocycles. The molecule has 4 nitrogen and oxygen atoms in total. The molecule has 2 rings (SSSR count). The van der Waals surface area contributed by atoms with Crippen molar-refractivity contribution in [2.45, 2.75) is 20.3 Å². The van der Waals surface area contributed by atoms with Gasteiger partial charge in [-0.15, -0.1) is 0 Å². The number of carboxylic acid groups (broad SMARTS) is 1. The van der Waals surface area contributed by atoms with Gasteiger partial charge in [-0.05, 0) is 25.5 Å². The Morgan fingerprint density at radius 2 is 1.90 bits per heavy atom. The molecular formula is C16H23FN2O2. The highest BCUT2D eigenvalue weighted by molar-refractivity contribution is 5.74. The molecule has 0 bridgehead atoms. The van der Waals surface area contributed by atoms with E-state index >= 15 is 0 Å². The van der Waals surface area contributed by atoms with Crippen molar-refractivity contribution in [2.24, 2.45) is 5.41 Å². The summed E-state index contributed by atoms with van der Waals surface area (Å²) in [6.07, 6.45) is 0.607. The molecule has 1 fully saturated rings. The second-order valence-corrected chi connectivity index (χ2v) is 5.93. The van der Waals surface area contributed by atoms with Gasteiger partial charge >= 0.3 is 5.97 Å². The highest BCUT2D eigenvalue weighted by Crippen LogP contribution is 2.25. The minimum Gasteiger partial charge on any atom is -0.481 e. The first-order valence-corrected chi connectivity index (χ1v) is 7.41. The highest BCUT2D eigenvalue weighted by atomic mass is 19.1. The number of aliphatic carboxylic acids is 1. The number of halogens is 1. The van der Waals surface area contributed by atoms with Crippen LogP contribution in [0.25, 0.3) is 0 Å². The van der Waals surface area contributed by atoms with Crippen LogP contribution in [-0.2, 0) is 4.79 Å². The van der Waals surface area contributed by atoms with Crippen LogP contribution in [0.4, 0.5) is 10.1 Å². The van der Waals surface area contributed by atoms with Gasteiger partial charge in [0.15, 0.2) is 0 Å². The molecule has 0 saturated carbocycles. The van der Waals surface area contributed by atoms with Gasteiger partial charge in [0.1, 0.15) is 5.82 Å². The number of hydrogen-bond donors (Lipinski definition) is 1. The summed E-state index contributed by atoms with van der Waals surface area (Å²) in [4.78, 5) is 15.6. The lowest BCUT2D eigenvalue weighted by atomic mass is 9.87. The molecule has 21 heavy (non-hydrogen) atoms. The molecule has 0 aliphatic carbocycles. The zero-order valence-electron chi connectivity index (χ0n) is 12.7. The molecule has 0 radical (unpaired) electrons. The molecule has 1 atom stereocenters. The summed E-state index contributed by atoms with van der Waals surface area (Å²) in [5, 5.41) is 9.34. The van der Waals surface area contributed by atoms with Crippen LogP contribution in [0.3, 0.4) is 0 Å². The summed E-state index contributed by atoms with van der Waals surface area (Å²) in [5.41, 5.74) is -0.0752. The Morgan fingerprint density at radius 1 is 1.29 bits per heavy atom. The first kappa shape index (κ1) is 15.8. The van der Waals surface area contributed by atoms with E-state index < -0.39 is 11.4 Å². The van der Waals surface area contributed by atoms with Gasteiger partial charge in [0.05, 0.1) is 11.1 Å². The molecule has 5 heteroatoms. The van der Waals surface area contributed by atoms with E-state index in [0.29, 0.717) is 18.7 Å². The molecule has 1 aromatic carbocycles. The van der Waals surface area contributed by atoms with Crippen molar-refractivity contribution < 1.29 is 14.3 Å². The van der Waals surface area contributed by atoms with Crippen LogP contribution in [-0.4, -0.2) is 48.7 Å². The Morgan fingerprint density at radius 3 is 2.43 bits per heavy atom. The third-order valence-corrected chi connectivity index (χ3v) is 4.43. The molecule has 1 N–H and O–H groups in total. The van der Waals surface area contributed by atoms with Crippen LogP contribution in [0.2, 0.25) is 0 Å². The van der Waals surface area contributed by atoms with Crippen LogP contribution < -0.4 is 4.90 Å². The van der Waals surface area contributed by atoms with Gasteiger partial charge in [0.2, 0.25) is 0 Å². The Bertz CT molecular complexity index is 501. The molecule has 0 aromatic heterocycles. The maximum atomic E-state index is 13.8. The second kappa shape index (κ2) is 6.43. The quantitative estimate of drug-likeness (QED) is 0.906. The van der Waals surface area contributed by atoms with Crippen molar-refractivity contribution >= 4 is 11.7 Å². The minimum absolute atomic E-state index is 0.199. The van der Waals surface area contributed by atoms with Gasteiger partial charge in [-0.1, -0.05) is 19.1 Å². The highest BCUT2D eigenvalue weighted by Gasteiger charge is 2.34. The SMILES string of the molecule is CCC(C)(CN1CCN(c2ccccc2F)CC1)C(=O)O. The predicted octanol–water partition coefficient (Wildman–Crippen LogP) is 2.45. The molecule has 116 valence electrons. The van der Waals surface area contributed by atoms with Crippen molar-refractivity contribution in [3.8, 4) is 0 Å². The summed E-state index contributed by atoms with van der Waals surface area (Å²) < 4.78 is 13.8. The van der Waals surface area contributed by atoms with Gasteiger partial charge < -0.3 is 10.0 Å². The van der Waals surface area contributed by atoms with Crippen molar-refractivity contribution in [3.05, 3.63) is 30.1 Å². The largest absolute Gasteiger partial charge is 0.481 e. The van der Waals surface area contributed by atoms with E-state index in [2.05, 4.69) is 4.90 Å². The van der Waals surface area contributed by atoms with E-state index in [1.54, 1.807) is 19.1 Å². The summed E-state index contributed by atoms with van der Waals surface area (Å²) in [6.45, 7) is 7.21. The van der Waals surface area contributed by atoms with Crippen LogP contribution >= 0.6 is 0 Å². The smallest absolute Gasteiger partial charge is 0.310 e. The Labute approximate surface area is 125 Å². The third kappa shape index (κ3) is 3.53. The number of nitrogens with zero attached hydrogens (tertiary/aromatic N) is 2. The molecule has 1 aliphatic heterocycles. The minimum atomic E-state index is -0.749. The van der Waals surface area contributed by atoms with Gasteiger partial charge in [-0.3, -0.25) is 9.69 Å². The fourth-order valence-electron chi connectivity index (χ4n) is 2.68. The maximum Gasteiger partial charge on any atom is 0.310 e. The number of carboxylic acids is 1. The van der Waals surface area contributed by atoms with E-state index in [9.17, 15) is 14.3 Å². The van der Waals surface area contributed by atoms with E-state index in [0.717, 1.165) is 26.2 Å². The maximum absolute atomic E-state index is 13.8. The van der Waals surface area contributed by atoms with Gasteiger partial charge in [-0.2, -0.15) is 0 Å². The fourth-order valence-corrected chi connectivity index (χ4v) is 2.68. The van der Waals surface area contributed by atoms with E-state index in [4.69, 9.17) is 0 Å². The topological polar surface area (TPSA) is 43.8 Å². The van der Waals surface area contributed by atoms with Gasteiger partial charge in [-0.25, -0.2) is 4.39 Å². The lowest BCUT2D eigenvalue weighted by molar-refractivity contribution is -0.149. The summed E-state index contributed by atoms with van der Waals surface area (Å²) >= 11 is 0. The first-order chi connectivity index (χ1) is 9.96. The number of benzene rings is 1. The van der Waals surface area contributed by atoms with E-state index in [1.165, 1.54) is 6.07 Å². The van der Waals surface area contributed by atoms with Gasteiger partial charge in [0.25, 0.3) is 0 Å². The lowest BCUT2D eigenvalue weighted by Gasteiger charge is -2.39. The molecule has 0 amide bonds. The van der Waals surface area contributed by atoms with Crippen molar-refractivity contribution in [1.82, 2.24) is 4.90 Å². The van der Waals surface area contributed by atoms with Crippen LogP contribution in [0.1, 0.15) is 20.3 Å². The van der Waals surface area contributed by atoms with Crippen LogP contribution in [0.5, 0.6) is 0 Å². The van der Waals surface area contributed by atoms with Crippen LogP contribution in [0.15, 0.2) is 24.3 Å². The second-order valence-electron chi connectivity index (χ2n) is 5.93. The number of carbonyl (C=O) groups is 1. The number of anilines is 1. The zero-order valence-corrected chi connectivity index (χ0v) is 12.7. The summed E-state index contributed by atoms with van der Waals surface area (Å²) in [6, 6.07) is 6.79. The van der Waals surface area contributed by atoms with Crippen molar-refractivity contribution in [2.75, 3.05) is 37.6 Å². The molecule has 1 unspecified atom stereocenters.